The standard InChI is InChI=1S/C13H19N3O5S/c1-21-9-6-14-12-5-4-11(16(17)18)10-13(12)22(19,20)15-7-2-3-8-15/h4-5,10,14H,2-3,6-9H2,1H3. The third-order valence-electron chi connectivity index (χ3n) is 3.48. The second kappa shape index (κ2) is 7.03. The fraction of sp³-hybridized carbons (Fsp3) is 0.538. The summed E-state index contributed by atoms with van der Waals surface area (Å²) in [6.45, 7) is 1.71. The van der Waals surface area contributed by atoms with Crippen LogP contribution < -0.4 is 5.32 Å². The number of methoxy groups -OCH3 is 1. The third-order valence-corrected chi connectivity index (χ3v) is 5.42. The van der Waals surface area contributed by atoms with E-state index in [1.165, 1.54) is 16.4 Å². The second-order valence-corrected chi connectivity index (χ2v) is 6.87. The molecule has 0 unspecified atom stereocenters. The zero-order chi connectivity index (χ0) is 16.2. The number of benzene rings is 1. The lowest BCUT2D eigenvalue weighted by Crippen LogP contribution is -2.28. The lowest BCUT2D eigenvalue weighted by molar-refractivity contribution is -0.385. The molecule has 1 saturated heterocycles. The van der Waals surface area contributed by atoms with Crippen LogP contribution in [0.1, 0.15) is 12.8 Å². The predicted molar refractivity (Wildman–Crippen MR) is 81.5 cm³/mol. The maximum absolute atomic E-state index is 12.7. The molecule has 0 aromatic heterocycles. The monoisotopic (exact) mass is 329 g/mol. The third kappa shape index (κ3) is 3.54. The molecule has 1 aromatic carbocycles. The molecule has 1 aromatic rings. The van der Waals surface area contributed by atoms with Gasteiger partial charge < -0.3 is 10.1 Å². The molecule has 22 heavy (non-hydrogen) atoms. The van der Waals surface area contributed by atoms with E-state index >= 15 is 0 Å². The number of sulfonamides is 1. The highest BCUT2D eigenvalue weighted by Crippen LogP contribution is 2.30. The summed E-state index contributed by atoms with van der Waals surface area (Å²) in [7, 11) is -2.20. The van der Waals surface area contributed by atoms with Gasteiger partial charge in [-0.2, -0.15) is 4.31 Å². The van der Waals surface area contributed by atoms with E-state index < -0.39 is 14.9 Å². The largest absolute Gasteiger partial charge is 0.383 e. The number of anilines is 1. The molecule has 0 atom stereocenters. The number of non-ortho nitro benzene ring substituents is 1. The Balaban J connectivity index is 2.39. The summed E-state index contributed by atoms with van der Waals surface area (Å²) in [6, 6.07) is 3.83. The molecule has 0 aliphatic carbocycles. The van der Waals surface area contributed by atoms with Crippen LogP contribution in [-0.4, -0.2) is 51.0 Å². The van der Waals surface area contributed by atoms with Crippen LogP contribution >= 0.6 is 0 Å². The minimum Gasteiger partial charge on any atom is -0.383 e. The molecule has 1 fully saturated rings. The number of hydrogen-bond acceptors (Lipinski definition) is 6. The molecule has 1 aliphatic heterocycles. The van der Waals surface area contributed by atoms with E-state index in [1.807, 2.05) is 0 Å². The van der Waals surface area contributed by atoms with Gasteiger partial charge in [0.25, 0.3) is 5.69 Å². The molecule has 2 rings (SSSR count). The minimum atomic E-state index is -3.74. The minimum absolute atomic E-state index is 0.0558. The van der Waals surface area contributed by atoms with E-state index in [1.54, 1.807) is 7.11 Å². The van der Waals surface area contributed by atoms with E-state index in [4.69, 9.17) is 4.74 Å². The first-order valence-corrected chi connectivity index (χ1v) is 8.42. The number of nitrogens with one attached hydrogen (secondary N) is 1. The van der Waals surface area contributed by atoms with Crippen molar-refractivity contribution in [3.8, 4) is 0 Å². The molecule has 8 nitrogen and oxygen atoms in total. The van der Waals surface area contributed by atoms with Crippen molar-refractivity contribution in [3.05, 3.63) is 28.3 Å². The fourth-order valence-corrected chi connectivity index (χ4v) is 4.04. The first-order valence-electron chi connectivity index (χ1n) is 6.98. The Hall–Kier alpha value is -1.71. The maximum Gasteiger partial charge on any atom is 0.270 e. The lowest BCUT2D eigenvalue weighted by Gasteiger charge is -2.18. The highest BCUT2D eigenvalue weighted by atomic mass is 32.2. The number of rotatable bonds is 7. The molecule has 0 saturated carbocycles. The van der Waals surface area contributed by atoms with Crippen LogP contribution in [-0.2, 0) is 14.8 Å². The Morgan fingerprint density at radius 3 is 2.64 bits per heavy atom. The molecular weight excluding hydrogens is 310 g/mol. The van der Waals surface area contributed by atoms with Gasteiger partial charge in [-0.3, -0.25) is 10.1 Å². The van der Waals surface area contributed by atoms with Gasteiger partial charge in [0.05, 0.1) is 17.2 Å². The summed E-state index contributed by atoms with van der Waals surface area (Å²) in [6.07, 6.45) is 1.61. The topological polar surface area (TPSA) is 102 Å². The van der Waals surface area contributed by atoms with Crippen molar-refractivity contribution >= 4 is 21.4 Å². The quantitative estimate of drug-likeness (QED) is 0.461. The Bertz CT molecular complexity index is 641. The van der Waals surface area contributed by atoms with Gasteiger partial charge in [-0.15, -0.1) is 0 Å². The van der Waals surface area contributed by atoms with Crippen molar-refractivity contribution < 1.29 is 18.1 Å². The maximum atomic E-state index is 12.7. The van der Waals surface area contributed by atoms with E-state index in [9.17, 15) is 18.5 Å². The molecule has 0 amide bonds. The summed E-state index contributed by atoms with van der Waals surface area (Å²) < 4.78 is 31.7. The van der Waals surface area contributed by atoms with E-state index in [2.05, 4.69) is 5.32 Å². The van der Waals surface area contributed by atoms with Gasteiger partial charge in [0, 0.05) is 38.9 Å². The van der Waals surface area contributed by atoms with Crippen LogP contribution in [0.2, 0.25) is 0 Å². The Labute approximate surface area is 129 Å². The first kappa shape index (κ1) is 16.7. The zero-order valence-corrected chi connectivity index (χ0v) is 13.1. The van der Waals surface area contributed by atoms with Crippen LogP contribution in [0.25, 0.3) is 0 Å². The molecule has 0 bridgehead atoms. The van der Waals surface area contributed by atoms with E-state index in [0.717, 1.165) is 18.9 Å². The van der Waals surface area contributed by atoms with Crippen LogP contribution in [0.4, 0.5) is 11.4 Å². The van der Waals surface area contributed by atoms with Crippen molar-refractivity contribution in [2.24, 2.45) is 0 Å². The van der Waals surface area contributed by atoms with Crippen LogP contribution in [0.15, 0.2) is 23.1 Å². The fourth-order valence-electron chi connectivity index (χ4n) is 2.34. The first-order chi connectivity index (χ1) is 10.5. The summed E-state index contributed by atoms with van der Waals surface area (Å²) in [4.78, 5) is 10.3. The molecule has 1 aliphatic rings. The van der Waals surface area contributed by atoms with Crippen molar-refractivity contribution in [1.82, 2.24) is 4.31 Å². The van der Waals surface area contributed by atoms with Crippen LogP contribution in [0.3, 0.4) is 0 Å². The Kier molecular flexibility index (Phi) is 5.33. The molecule has 9 heteroatoms. The SMILES string of the molecule is COCCNc1ccc([N+](=O)[O-])cc1S(=O)(=O)N1CCCC1. The van der Waals surface area contributed by atoms with E-state index in [-0.39, 0.29) is 10.6 Å². The number of hydrogen-bond donors (Lipinski definition) is 1. The number of nitro benzene ring substituents is 1. The van der Waals surface area contributed by atoms with Gasteiger partial charge in [-0.1, -0.05) is 0 Å². The highest BCUT2D eigenvalue weighted by molar-refractivity contribution is 7.89. The summed E-state index contributed by atoms with van der Waals surface area (Å²) in [5, 5.41) is 13.9. The smallest absolute Gasteiger partial charge is 0.270 e. The van der Waals surface area contributed by atoms with Gasteiger partial charge >= 0.3 is 0 Å². The second-order valence-electron chi connectivity index (χ2n) is 4.97. The molecule has 1 N–H and O–H groups in total. The molecular formula is C13H19N3O5S. The summed E-state index contributed by atoms with van der Waals surface area (Å²) >= 11 is 0. The van der Waals surface area contributed by atoms with Gasteiger partial charge in [0.1, 0.15) is 4.90 Å². The van der Waals surface area contributed by atoms with Gasteiger partial charge in [-0.05, 0) is 18.9 Å². The average molecular weight is 329 g/mol. The zero-order valence-electron chi connectivity index (χ0n) is 12.3. The molecule has 0 spiro atoms. The summed E-state index contributed by atoms with van der Waals surface area (Å²) in [5.41, 5.74) is 0.115. The van der Waals surface area contributed by atoms with Gasteiger partial charge in [-0.25, -0.2) is 8.42 Å². The summed E-state index contributed by atoms with van der Waals surface area (Å²) in [5.74, 6) is 0. The number of ether oxygens (including phenoxy) is 1. The van der Waals surface area contributed by atoms with Crippen LogP contribution in [0.5, 0.6) is 0 Å². The highest BCUT2D eigenvalue weighted by Gasteiger charge is 2.30. The number of nitrogens with zero attached hydrogens (tertiary/aromatic N) is 2. The van der Waals surface area contributed by atoms with E-state index in [0.29, 0.717) is 31.9 Å². The Morgan fingerprint density at radius 2 is 2.05 bits per heavy atom. The Morgan fingerprint density at radius 1 is 1.36 bits per heavy atom. The van der Waals surface area contributed by atoms with Crippen molar-refractivity contribution in [2.45, 2.75) is 17.7 Å². The lowest BCUT2D eigenvalue weighted by atomic mass is 10.3. The van der Waals surface area contributed by atoms with Crippen molar-refractivity contribution in [3.63, 3.8) is 0 Å². The average Bonchev–Trinajstić information content (AvgIpc) is 3.02. The van der Waals surface area contributed by atoms with Crippen molar-refractivity contribution in [1.29, 1.82) is 0 Å². The molecule has 0 radical (unpaired) electrons. The molecule has 1 heterocycles. The number of nitro groups is 1. The normalized spacial score (nSPS) is 15.9. The van der Waals surface area contributed by atoms with Gasteiger partial charge in [0.15, 0.2) is 0 Å². The van der Waals surface area contributed by atoms with Crippen molar-refractivity contribution in [2.75, 3.05) is 38.7 Å². The molecule has 122 valence electrons. The predicted octanol–water partition coefficient (Wildman–Crippen LogP) is 1.44. The van der Waals surface area contributed by atoms with Gasteiger partial charge in [0.2, 0.25) is 10.0 Å². The van der Waals surface area contributed by atoms with Crippen LogP contribution in [0, 0.1) is 10.1 Å².